The monoisotopic (exact) mass is 373 g/mol. The average molecular weight is 374 g/mol. The first-order valence-corrected chi connectivity index (χ1v) is 9.78. The molecule has 1 atom stereocenters. The fraction of sp³-hybridized carbons (Fsp3) is 0.565. The number of carbonyl (C=O) groups is 1. The Morgan fingerprint density at radius 1 is 1.37 bits per heavy atom. The van der Waals surface area contributed by atoms with Gasteiger partial charge in [-0.1, -0.05) is 38.5 Å². The summed E-state index contributed by atoms with van der Waals surface area (Å²) in [6.07, 6.45) is 6.11. The van der Waals surface area contributed by atoms with E-state index in [2.05, 4.69) is 31.4 Å². The first-order chi connectivity index (χ1) is 12.7. The number of rotatable bonds is 12. The number of unbranched alkanes of at least 4 members (excludes halogenated alkanes) is 2. The number of benzene rings is 1. The summed E-state index contributed by atoms with van der Waals surface area (Å²) < 4.78 is 5.69. The van der Waals surface area contributed by atoms with Crippen LogP contribution in [-0.4, -0.2) is 41.2 Å². The third-order valence-electron chi connectivity index (χ3n) is 4.49. The maximum Gasteiger partial charge on any atom is 0.219 e. The molecule has 0 spiro atoms. The van der Waals surface area contributed by atoms with Crippen LogP contribution in [0.5, 0.6) is 5.75 Å². The van der Waals surface area contributed by atoms with Crippen LogP contribution >= 0.6 is 0 Å². The van der Waals surface area contributed by atoms with Crippen LogP contribution in [0.4, 0.5) is 0 Å². The molecular formula is C23H35NO3. The zero-order valence-electron chi connectivity index (χ0n) is 17.3. The lowest BCUT2D eigenvalue weighted by molar-refractivity contribution is -0.128. The summed E-state index contributed by atoms with van der Waals surface area (Å²) in [5.41, 5.74) is 3.13. The molecule has 4 heteroatoms. The Balaban J connectivity index is 2.38. The summed E-state index contributed by atoms with van der Waals surface area (Å²) in [4.78, 5) is 13.4. The van der Waals surface area contributed by atoms with Gasteiger partial charge in [-0.25, -0.2) is 0 Å². The minimum Gasteiger partial charge on any atom is -0.491 e. The predicted octanol–water partition coefficient (Wildman–Crippen LogP) is 4.69. The summed E-state index contributed by atoms with van der Waals surface area (Å²) in [6, 6.07) is 8.12. The molecule has 1 rings (SSSR count). The van der Waals surface area contributed by atoms with Crippen molar-refractivity contribution in [2.75, 3.05) is 19.7 Å². The van der Waals surface area contributed by atoms with Crippen molar-refractivity contribution in [2.45, 2.75) is 64.9 Å². The Labute approximate surface area is 164 Å². The molecule has 0 aliphatic rings. The fourth-order valence-corrected chi connectivity index (χ4v) is 2.82. The molecule has 1 aromatic carbocycles. The molecule has 0 aliphatic heterocycles. The molecule has 4 nitrogen and oxygen atoms in total. The predicted molar refractivity (Wildman–Crippen MR) is 111 cm³/mol. The van der Waals surface area contributed by atoms with Crippen molar-refractivity contribution >= 4 is 5.91 Å². The van der Waals surface area contributed by atoms with E-state index >= 15 is 0 Å². The summed E-state index contributed by atoms with van der Waals surface area (Å²) in [5, 5.41) is 9.79. The number of hydrogen-bond donors (Lipinski definition) is 1. The Hall–Kier alpha value is -2.03. The van der Waals surface area contributed by atoms with Crippen molar-refractivity contribution in [3.05, 3.63) is 48.2 Å². The van der Waals surface area contributed by atoms with Crippen molar-refractivity contribution in [3.8, 4) is 5.75 Å². The Bertz CT molecular complexity index is 627. The van der Waals surface area contributed by atoms with Gasteiger partial charge in [-0.15, -0.1) is 5.73 Å². The first kappa shape index (κ1) is 23.0. The van der Waals surface area contributed by atoms with E-state index in [4.69, 9.17) is 4.74 Å². The smallest absolute Gasteiger partial charge is 0.219 e. The SMILES string of the molecule is C=C=CCN(CCCCCC(C)c1cccc(OCC(C)(C)O)c1)C(C)=O. The largest absolute Gasteiger partial charge is 0.491 e. The highest BCUT2D eigenvalue weighted by Crippen LogP contribution is 2.25. The van der Waals surface area contributed by atoms with E-state index in [0.29, 0.717) is 12.5 Å². The number of carbonyl (C=O) groups excluding carboxylic acids is 1. The van der Waals surface area contributed by atoms with E-state index in [-0.39, 0.29) is 12.5 Å². The van der Waals surface area contributed by atoms with Crippen LogP contribution in [-0.2, 0) is 4.79 Å². The van der Waals surface area contributed by atoms with E-state index in [1.807, 2.05) is 17.0 Å². The van der Waals surface area contributed by atoms with Crippen molar-refractivity contribution in [2.24, 2.45) is 0 Å². The summed E-state index contributed by atoms with van der Waals surface area (Å²) in [5.74, 6) is 1.34. The van der Waals surface area contributed by atoms with E-state index < -0.39 is 5.60 Å². The molecule has 1 N–H and O–H groups in total. The zero-order chi connectivity index (χ0) is 20.3. The Morgan fingerprint density at radius 3 is 2.74 bits per heavy atom. The van der Waals surface area contributed by atoms with Crippen LogP contribution < -0.4 is 4.74 Å². The number of ether oxygens (including phenoxy) is 1. The molecule has 0 heterocycles. The van der Waals surface area contributed by atoms with Crippen LogP contribution in [0.15, 0.2) is 42.7 Å². The van der Waals surface area contributed by atoms with Gasteiger partial charge in [0.15, 0.2) is 0 Å². The Kier molecular flexibility index (Phi) is 9.92. The molecule has 1 aromatic rings. The van der Waals surface area contributed by atoms with Gasteiger partial charge in [-0.2, -0.15) is 0 Å². The van der Waals surface area contributed by atoms with Gasteiger partial charge in [-0.3, -0.25) is 4.79 Å². The number of hydrogen-bond acceptors (Lipinski definition) is 3. The molecule has 0 radical (unpaired) electrons. The van der Waals surface area contributed by atoms with Gasteiger partial charge >= 0.3 is 0 Å². The minimum absolute atomic E-state index is 0.0951. The quantitative estimate of drug-likeness (QED) is 0.427. The highest BCUT2D eigenvalue weighted by atomic mass is 16.5. The lowest BCUT2D eigenvalue weighted by Gasteiger charge is -2.20. The lowest BCUT2D eigenvalue weighted by atomic mass is 9.95. The van der Waals surface area contributed by atoms with Gasteiger partial charge in [0.05, 0.1) is 5.60 Å². The molecular weight excluding hydrogens is 338 g/mol. The zero-order valence-corrected chi connectivity index (χ0v) is 17.3. The highest BCUT2D eigenvalue weighted by Gasteiger charge is 2.14. The Morgan fingerprint density at radius 2 is 2.11 bits per heavy atom. The molecule has 27 heavy (non-hydrogen) atoms. The molecule has 0 saturated heterocycles. The van der Waals surface area contributed by atoms with Crippen molar-refractivity contribution in [1.29, 1.82) is 0 Å². The van der Waals surface area contributed by atoms with Crippen LogP contribution in [0.1, 0.15) is 64.9 Å². The van der Waals surface area contributed by atoms with E-state index in [9.17, 15) is 9.90 Å². The maximum absolute atomic E-state index is 11.6. The van der Waals surface area contributed by atoms with Gasteiger partial charge in [0.1, 0.15) is 12.4 Å². The number of amides is 1. The fourth-order valence-electron chi connectivity index (χ4n) is 2.82. The van der Waals surface area contributed by atoms with Crippen LogP contribution in [0.3, 0.4) is 0 Å². The highest BCUT2D eigenvalue weighted by molar-refractivity contribution is 5.73. The molecule has 0 aromatic heterocycles. The van der Waals surface area contributed by atoms with E-state index in [0.717, 1.165) is 38.0 Å². The number of aliphatic hydroxyl groups is 1. The van der Waals surface area contributed by atoms with Gasteiger partial charge in [0.25, 0.3) is 0 Å². The number of nitrogens with zero attached hydrogens (tertiary/aromatic N) is 1. The summed E-state index contributed by atoms with van der Waals surface area (Å²) >= 11 is 0. The molecule has 0 saturated carbocycles. The molecule has 1 amide bonds. The third kappa shape index (κ3) is 10.0. The second-order valence-electron chi connectivity index (χ2n) is 7.80. The molecule has 0 aliphatic carbocycles. The van der Waals surface area contributed by atoms with Crippen molar-refractivity contribution < 1.29 is 14.6 Å². The molecule has 0 fully saturated rings. The second-order valence-corrected chi connectivity index (χ2v) is 7.80. The van der Waals surface area contributed by atoms with Gasteiger partial charge < -0.3 is 14.7 Å². The lowest BCUT2D eigenvalue weighted by Crippen LogP contribution is -2.29. The van der Waals surface area contributed by atoms with E-state index in [1.54, 1.807) is 26.8 Å². The summed E-state index contributed by atoms with van der Waals surface area (Å²) in [6.45, 7) is 12.5. The molecule has 150 valence electrons. The van der Waals surface area contributed by atoms with Crippen LogP contribution in [0.25, 0.3) is 0 Å². The van der Waals surface area contributed by atoms with Gasteiger partial charge in [-0.05, 0) is 56.4 Å². The normalized spacial score (nSPS) is 12.2. The standard InChI is InChI=1S/C23H35NO3/c1-6-7-15-24(20(3)25)16-10-8-9-12-19(2)21-13-11-14-22(17-21)27-18-23(4,5)26/h7,11,13-14,17,19,26H,1,8-10,12,15-16,18H2,2-5H3. The van der Waals surface area contributed by atoms with Crippen molar-refractivity contribution in [1.82, 2.24) is 4.90 Å². The van der Waals surface area contributed by atoms with Crippen LogP contribution in [0, 0.1) is 0 Å². The van der Waals surface area contributed by atoms with Crippen LogP contribution in [0.2, 0.25) is 0 Å². The maximum atomic E-state index is 11.6. The molecule has 0 bridgehead atoms. The topological polar surface area (TPSA) is 49.8 Å². The average Bonchev–Trinajstić information content (AvgIpc) is 2.61. The van der Waals surface area contributed by atoms with Gasteiger partial charge in [0, 0.05) is 20.0 Å². The molecule has 1 unspecified atom stereocenters. The van der Waals surface area contributed by atoms with E-state index in [1.165, 1.54) is 5.56 Å². The van der Waals surface area contributed by atoms with Crippen molar-refractivity contribution in [3.63, 3.8) is 0 Å². The second kappa shape index (κ2) is 11.6. The van der Waals surface area contributed by atoms with Gasteiger partial charge in [0.2, 0.25) is 5.91 Å². The third-order valence-corrected chi connectivity index (χ3v) is 4.49. The summed E-state index contributed by atoms with van der Waals surface area (Å²) in [7, 11) is 0. The first-order valence-electron chi connectivity index (χ1n) is 9.78. The minimum atomic E-state index is -0.836.